The van der Waals surface area contributed by atoms with E-state index >= 15 is 0 Å². The summed E-state index contributed by atoms with van der Waals surface area (Å²) in [4.78, 5) is 100. The molecular formula is C50H82N8O16. The van der Waals surface area contributed by atoms with Crippen LogP contribution in [0, 0.1) is 11.8 Å². The fraction of sp³-hybridized carbons (Fsp3) is 0.740. The Hall–Kier alpha value is -5.05. The minimum Gasteiger partial charge on any atom is -0.508 e. The number of hydrogen-bond donors (Lipinski definition) is 15. The summed E-state index contributed by atoms with van der Waals surface area (Å²) in [6.07, 6.45) is -8.51. The largest absolute Gasteiger partial charge is 0.508 e. The lowest BCUT2D eigenvalue weighted by atomic mass is 9.91. The van der Waals surface area contributed by atoms with Crippen molar-refractivity contribution in [3.8, 4) is 5.75 Å². The highest BCUT2D eigenvalue weighted by Gasteiger charge is 2.49. The molecule has 1 aromatic carbocycles. The van der Waals surface area contributed by atoms with Gasteiger partial charge in [-0.3, -0.25) is 33.6 Å². The van der Waals surface area contributed by atoms with Gasteiger partial charge >= 0.3 is 0 Å². The number of benzene rings is 1. The first kappa shape index (κ1) is 61.5. The van der Waals surface area contributed by atoms with E-state index in [9.17, 15) is 79.5 Å². The van der Waals surface area contributed by atoms with Crippen LogP contribution in [0.25, 0.3) is 0 Å². The van der Waals surface area contributed by atoms with E-state index in [-0.39, 0.29) is 43.7 Å². The van der Waals surface area contributed by atoms with E-state index in [0.717, 1.165) is 67.4 Å². The van der Waals surface area contributed by atoms with Gasteiger partial charge in [0.05, 0.1) is 24.4 Å². The molecule has 16 atom stereocenters. The fourth-order valence-corrected chi connectivity index (χ4v) is 9.81. The van der Waals surface area contributed by atoms with E-state index < -0.39 is 146 Å². The highest BCUT2D eigenvalue weighted by Crippen LogP contribution is 2.27. The van der Waals surface area contributed by atoms with E-state index in [4.69, 9.17) is 5.73 Å². The number of aliphatic hydroxyl groups is 8. The summed E-state index contributed by atoms with van der Waals surface area (Å²) >= 11 is 0. The summed E-state index contributed by atoms with van der Waals surface area (Å²) < 4.78 is 0. The van der Waals surface area contributed by atoms with Crippen LogP contribution in [0.4, 0.5) is 0 Å². The molecule has 3 fully saturated rings. The second kappa shape index (κ2) is 29.3. The Labute approximate surface area is 431 Å². The molecule has 7 amide bonds. The van der Waals surface area contributed by atoms with Crippen molar-refractivity contribution in [3.05, 3.63) is 29.8 Å². The molecule has 3 aliphatic rings. The molecule has 24 heteroatoms. The molecule has 4 rings (SSSR count). The number of fused-ring (bicyclic) bond motifs is 2. The van der Waals surface area contributed by atoms with Gasteiger partial charge in [0.25, 0.3) is 0 Å². The van der Waals surface area contributed by atoms with E-state index in [2.05, 4.69) is 47.4 Å². The highest BCUT2D eigenvalue weighted by atomic mass is 16.3. The Bertz CT molecular complexity index is 2020. The number of nitrogens with two attached hydrogens (primary N) is 1. The number of phenolic OH excluding ortho intramolecular Hbond substituents is 1. The standard InChI is InChI=1S/C50H82N8O16/c1-5-26(2)22-27(3)12-10-8-6-7-9-11-13-37(65)52-32-24-36(64)46(70)56-48(72)41-35(63)19-21-57(41)50(74)39(34(62)18-20-51)54-47(71)40(43(67)42(66)29-14-16-30(60)17-15-29)55-45(69)33-23-31(61)25-58(33)49(73)38(28(4)59)53-44(32)68/h14-17,26-28,31-36,38-43,46,59-64,66-67,70H,5-13,18-25,51H2,1-4H3,(H,52,65)(H,53,68)(H,54,71)(H,55,69)(H,56,72)/t26-,27+,28+,31+,32-,33-,34+,35-,36+,38-,39-,40-,41-,42-,43-,46+/m0/s1. The second-order valence-electron chi connectivity index (χ2n) is 20.5. The van der Waals surface area contributed by atoms with Crippen LogP contribution in [0.15, 0.2) is 24.3 Å². The van der Waals surface area contributed by atoms with E-state index in [0.29, 0.717) is 24.7 Å². The van der Waals surface area contributed by atoms with Crippen molar-refractivity contribution in [2.75, 3.05) is 19.6 Å². The summed E-state index contributed by atoms with van der Waals surface area (Å²) in [5, 5.41) is 111. The summed E-state index contributed by atoms with van der Waals surface area (Å²) in [6.45, 7) is 6.67. The molecule has 3 saturated heterocycles. The van der Waals surface area contributed by atoms with Crippen LogP contribution in [-0.4, -0.2) is 196 Å². The number of hydrogen-bond acceptors (Lipinski definition) is 17. The molecule has 0 radical (unpaired) electrons. The predicted molar refractivity (Wildman–Crippen MR) is 265 cm³/mol. The van der Waals surface area contributed by atoms with Crippen molar-refractivity contribution in [2.45, 2.75) is 203 Å². The first-order chi connectivity index (χ1) is 35.0. The minimum absolute atomic E-state index is 0.0598. The van der Waals surface area contributed by atoms with Crippen LogP contribution < -0.4 is 32.3 Å². The molecule has 0 saturated carbocycles. The summed E-state index contributed by atoms with van der Waals surface area (Å²) in [5.74, 6) is -6.88. The maximum Gasteiger partial charge on any atom is 0.248 e. The number of rotatable bonds is 20. The Balaban J connectivity index is 1.68. The third-order valence-corrected chi connectivity index (χ3v) is 14.4. The maximum atomic E-state index is 14.4. The molecule has 0 aliphatic carbocycles. The topological polar surface area (TPSA) is 394 Å². The fourth-order valence-electron chi connectivity index (χ4n) is 9.81. The predicted octanol–water partition coefficient (Wildman–Crippen LogP) is -2.87. The van der Waals surface area contributed by atoms with Gasteiger partial charge in [-0.1, -0.05) is 77.8 Å². The van der Waals surface area contributed by atoms with Crippen molar-refractivity contribution in [1.29, 1.82) is 0 Å². The molecule has 418 valence electrons. The first-order valence-corrected chi connectivity index (χ1v) is 26.0. The zero-order valence-corrected chi connectivity index (χ0v) is 42.9. The molecule has 0 spiro atoms. The SMILES string of the molecule is CC[C@H](C)C[C@H](C)CCCCCCCCC(=O)N[C@H]1C[C@@H](O)[C@@H](O)NC(=O)[C@@H]2[C@@H](O)CCN2C(=O)[C@H]([C@H](O)CCN)NC(=O)[C@H]([C@H](O)[C@@H](O)c2ccc(O)cc2)NC(=O)[C@@H]2C[C@@H](O)CN2C(=O)[C@H]([C@@H](C)O)NC1=O. The quantitative estimate of drug-likeness (QED) is 0.0584. The Morgan fingerprint density at radius 2 is 1.32 bits per heavy atom. The molecule has 1 aromatic rings. The number of aromatic hydroxyl groups is 1. The van der Waals surface area contributed by atoms with Gasteiger partial charge in [0, 0.05) is 32.4 Å². The molecule has 3 heterocycles. The van der Waals surface area contributed by atoms with Gasteiger partial charge in [-0.25, -0.2) is 0 Å². The number of unbranched alkanes of at least 4 members (excludes halogenated alkanes) is 5. The highest BCUT2D eigenvalue weighted by molar-refractivity contribution is 5.98. The average molecular weight is 1050 g/mol. The molecule has 0 bridgehead atoms. The average Bonchev–Trinajstić information content (AvgIpc) is 3.95. The first-order valence-electron chi connectivity index (χ1n) is 26.0. The van der Waals surface area contributed by atoms with Crippen LogP contribution in [0.5, 0.6) is 5.75 Å². The normalized spacial score (nSPS) is 29.3. The molecule has 0 aromatic heterocycles. The third kappa shape index (κ3) is 17.2. The molecule has 74 heavy (non-hydrogen) atoms. The lowest BCUT2D eigenvalue weighted by molar-refractivity contribution is -0.149. The molecule has 0 unspecified atom stereocenters. The Kier molecular flexibility index (Phi) is 24.4. The van der Waals surface area contributed by atoms with Crippen LogP contribution in [0.2, 0.25) is 0 Å². The molecule has 16 N–H and O–H groups in total. The summed E-state index contributed by atoms with van der Waals surface area (Å²) in [5.41, 5.74) is 5.63. The summed E-state index contributed by atoms with van der Waals surface area (Å²) in [6, 6.07) is -6.71. The number of aliphatic hydroxyl groups excluding tert-OH is 8. The van der Waals surface area contributed by atoms with Crippen LogP contribution in [-0.2, 0) is 33.6 Å². The monoisotopic (exact) mass is 1050 g/mol. The number of carbonyl (C=O) groups excluding carboxylic acids is 7. The van der Waals surface area contributed by atoms with Crippen molar-refractivity contribution < 1.29 is 79.5 Å². The molecular weight excluding hydrogens is 969 g/mol. The number of phenols is 1. The van der Waals surface area contributed by atoms with Crippen molar-refractivity contribution in [2.24, 2.45) is 17.6 Å². The maximum absolute atomic E-state index is 14.4. The van der Waals surface area contributed by atoms with Gasteiger partial charge < -0.3 is 88.1 Å². The second-order valence-corrected chi connectivity index (χ2v) is 20.5. The van der Waals surface area contributed by atoms with Gasteiger partial charge in [0.2, 0.25) is 41.4 Å². The van der Waals surface area contributed by atoms with Crippen molar-refractivity contribution in [1.82, 2.24) is 36.4 Å². The number of nitrogens with one attached hydrogen (secondary N) is 5. The third-order valence-electron chi connectivity index (χ3n) is 14.4. The van der Waals surface area contributed by atoms with Gasteiger partial charge in [-0.2, -0.15) is 0 Å². The lowest BCUT2D eigenvalue weighted by Crippen LogP contribution is -2.64. The lowest BCUT2D eigenvalue weighted by Gasteiger charge is -2.34. The zero-order chi connectivity index (χ0) is 55.0. The van der Waals surface area contributed by atoms with Crippen molar-refractivity contribution in [3.63, 3.8) is 0 Å². The number of amides is 7. The Morgan fingerprint density at radius 1 is 0.716 bits per heavy atom. The summed E-state index contributed by atoms with van der Waals surface area (Å²) in [7, 11) is 0. The number of nitrogens with zero attached hydrogens (tertiary/aromatic N) is 2. The van der Waals surface area contributed by atoms with Gasteiger partial charge in [-0.05, 0) is 68.7 Å². The minimum atomic E-state index is -2.29. The molecule has 3 aliphatic heterocycles. The zero-order valence-electron chi connectivity index (χ0n) is 42.9. The van der Waals surface area contributed by atoms with Crippen molar-refractivity contribution >= 4 is 41.4 Å². The Morgan fingerprint density at radius 3 is 1.96 bits per heavy atom. The smallest absolute Gasteiger partial charge is 0.248 e. The van der Waals surface area contributed by atoms with Crippen LogP contribution >= 0.6 is 0 Å². The van der Waals surface area contributed by atoms with Crippen LogP contribution in [0.3, 0.4) is 0 Å². The van der Waals surface area contributed by atoms with E-state index in [1.54, 1.807) is 0 Å². The molecule has 24 nitrogen and oxygen atoms in total. The van der Waals surface area contributed by atoms with E-state index in [1.165, 1.54) is 18.6 Å². The van der Waals surface area contributed by atoms with Gasteiger partial charge in [-0.15, -0.1) is 0 Å². The van der Waals surface area contributed by atoms with Crippen LogP contribution in [0.1, 0.15) is 129 Å². The van der Waals surface area contributed by atoms with E-state index in [1.807, 2.05) is 0 Å². The number of carbonyl (C=O) groups is 7. The van der Waals surface area contributed by atoms with Gasteiger partial charge in [0.1, 0.15) is 60.3 Å². The van der Waals surface area contributed by atoms with Gasteiger partial charge in [0.15, 0.2) is 6.23 Å².